The lowest BCUT2D eigenvalue weighted by Crippen LogP contribution is -1.95. The Morgan fingerprint density at radius 3 is 3.06 bits per heavy atom. The van der Waals surface area contributed by atoms with Gasteiger partial charge in [-0.1, -0.05) is 22.5 Å². The number of halogens is 1. The van der Waals surface area contributed by atoms with Crippen molar-refractivity contribution in [2.24, 2.45) is 0 Å². The Morgan fingerprint density at radius 2 is 2.29 bits per heavy atom. The first-order valence-corrected chi connectivity index (χ1v) is 5.64. The molecule has 6 heteroatoms. The Bertz CT molecular complexity index is 734. The topological polar surface area (TPSA) is 50.9 Å². The largest absolute Gasteiger partial charge is 0.358 e. The lowest BCUT2D eigenvalue weighted by molar-refractivity contribution is 0.893. The lowest BCUT2D eigenvalue weighted by atomic mass is 10.3. The van der Waals surface area contributed by atoms with E-state index in [2.05, 4.69) is 35.8 Å². The van der Waals surface area contributed by atoms with Crippen LogP contribution in [0.2, 0.25) is 0 Å². The van der Waals surface area contributed by atoms with Crippen LogP contribution >= 0.6 is 15.9 Å². The molecule has 0 atom stereocenters. The van der Waals surface area contributed by atoms with E-state index >= 15 is 0 Å². The summed E-state index contributed by atoms with van der Waals surface area (Å²) in [5.41, 5.74) is 1.70. The number of hydrogen-bond donors (Lipinski definition) is 1. The van der Waals surface area contributed by atoms with Crippen molar-refractivity contribution in [2.45, 2.75) is 0 Å². The summed E-state index contributed by atoms with van der Waals surface area (Å²) in [6.07, 6.45) is 5.31. The molecule has 0 aliphatic carbocycles. The van der Waals surface area contributed by atoms with E-state index in [1.165, 1.54) is 0 Å². The van der Waals surface area contributed by atoms with Crippen molar-refractivity contribution >= 4 is 32.8 Å². The lowest BCUT2D eigenvalue weighted by Gasteiger charge is -1.98. The number of aromatic amines is 1. The van der Waals surface area contributed by atoms with Gasteiger partial charge in [0.05, 0.1) is 16.4 Å². The zero-order valence-electron chi connectivity index (χ0n) is 8.55. The highest BCUT2D eigenvalue weighted by Crippen LogP contribution is 2.27. The molecule has 82 valence electrons. The Kier molecular flexibility index (Phi) is 2.20. The number of nitrogens with zero attached hydrogens (tertiary/aromatic N) is 4. The van der Waals surface area contributed by atoms with E-state index in [1.54, 1.807) is 17.1 Å². The summed E-state index contributed by atoms with van der Waals surface area (Å²) in [6.45, 7) is 6.99. The summed E-state index contributed by atoms with van der Waals surface area (Å²) in [7, 11) is 0. The Labute approximate surface area is 105 Å². The Balaban J connectivity index is 2.27. The molecule has 0 saturated heterocycles. The maximum absolute atomic E-state index is 6.99. The standard InChI is InChI=1S/C11H6BrN5/c1-13-11-8(12)6-17(16-11)9-3-5-15-10-7(9)2-4-14-10/h2-6H,(H,14,15). The van der Waals surface area contributed by atoms with E-state index in [0.717, 1.165) is 16.7 Å². The van der Waals surface area contributed by atoms with Crippen LogP contribution < -0.4 is 0 Å². The average molecular weight is 288 g/mol. The molecular weight excluding hydrogens is 282 g/mol. The summed E-state index contributed by atoms with van der Waals surface area (Å²) < 4.78 is 2.36. The summed E-state index contributed by atoms with van der Waals surface area (Å²) >= 11 is 3.31. The molecule has 0 saturated carbocycles. The van der Waals surface area contributed by atoms with E-state index in [0.29, 0.717) is 10.3 Å². The van der Waals surface area contributed by atoms with Gasteiger partial charge in [-0.15, -0.1) is 0 Å². The van der Waals surface area contributed by atoms with Gasteiger partial charge in [0, 0.05) is 17.8 Å². The predicted molar refractivity (Wildman–Crippen MR) is 67.2 cm³/mol. The number of aromatic nitrogens is 4. The van der Waals surface area contributed by atoms with Crippen LogP contribution in [-0.2, 0) is 0 Å². The highest BCUT2D eigenvalue weighted by molar-refractivity contribution is 9.10. The fraction of sp³-hybridized carbons (Fsp3) is 0. The van der Waals surface area contributed by atoms with Crippen LogP contribution in [0.15, 0.2) is 35.2 Å². The number of pyridine rings is 1. The Hall–Kier alpha value is -2.13. The summed E-state index contributed by atoms with van der Waals surface area (Å²) in [6, 6.07) is 3.80. The van der Waals surface area contributed by atoms with Crippen LogP contribution in [0, 0.1) is 6.57 Å². The predicted octanol–water partition coefficient (Wildman–Crippen LogP) is 3.06. The third-order valence-electron chi connectivity index (χ3n) is 2.44. The van der Waals surface area contributed by atoms with Crippen LogP contribution in [-0.4, -0.2) is 19.7 Å². The second-order valence-corrected chi connectivity index (χ2v) is 4.28. The molecule has 0 amide bonds. The zero-order chi connectivity index (χ0) is 11.8. The van der Waals surface area contributed by atoms with Crippen molar-refractivity contribution in [2.75, 3.05) is 0 Å². The van der Waals surface area contributed by atoms with Crippen molar-refractivity contribution in [1.82, 2.24) is 19.7 Å². The maximum atomic E-state index is 6.99. The van der Waals surface area contributed by atoms with Crippen LogP contribution in [0.1, 0.15) is 0 Å². The molecule has 0 aliphatic rings. The van der Waals surface area contributed by atoms with Crippen molar-refractivity contribution < 1.29 is 0 Å². The van der Waals surface area contributed by atoms with E-state index in [-0.39, 0.29) is 0 Å². The molecule has 3 aromatic heterocycles. The van der Waals surface area contributed by atoms with Gasteiger partial charge in [-0.2, -0.15) is 4.68 Å². The third kappa shape index (κ3) is 1.52. The minimum absolute atomic E-state index is 0.352. The first kappa shape index (κ1) is 10.1. The molecule has 1 N–H and O–H groups in total. The van der Waals surface area contributed by atoms with E-state index in [4.69, 9.17) is 6.57 Å². The highest BCUT2D eigenvalue weighted by atomic mass is 79.9. The van der Waals surface area contributed by atoms with Gasteiger partial charge >= 0.3 is 5.82 Å². The molecule has 0 radical (unpaired) electrons. The van der Waals surface area contributed by atoms with Crippen molar-refractivity contribution in [1.29, 1.82) is 0 Å². The van der Waals surface area contributed by atoms with E-state index in [1.807, 2.05) is 18.3 Å². The Morgan fingerprint density at radius 1 is 1.41 bits per heavy atom. The van der Waals surface area contributed by atoms with Crippen LogP contribution in [0.3, 0.4) is 0 Å². The molecule has 0 unspecified atom stereocenters. The maximum Gasteiger partial charge on any atom is 0.310 e. The molecular formula is C11H6BrN5. The highest BCUT2D eigenvalue weighted by Gasteiger charge is 2.12. The van der Waals surface area contributed by atoms with Gasteiger partial charge in [0.2, 0.25) is 0 Å². The molecule has 3 heterocycles. The first-order chi connectivity index (χ1) is 8.29. The quantitative estimate of drug-likeness (QED) is 0.700. The first-order valence-electron chi connectivity index (χ1n) is 4.84. The van der Waals surface area contributed by atoms with Crippen LogP contribution in [0.5, 0.6) is 0 Å². The number of nitrogens with one attached hydrogen (secondary N) is 1. The average Bonchev–Trinajstić information content (AvgIpc) is 2.94. The van der Waals surface area contributed by atoms with Gasteiger partial charge in [-0.3, -0.25) is 0 Å². The second kappa shape index (κ2) is 3.71. The smallest absolute Gasteiger partial charge is 0.310 e. The fourth-order valence-electron chi connectivity index (χ4n) is 1.69. The monoisotopic (exact) mass is 287 g/mol. The third-order valence-corrected chi connectivity index (χ3v) is 3.00. The number of fused-ring (bicyclic) bond motifs is 1. The second-order valence-electron chi connectivity index (χ2n) is 3.43. The van der Waals surface area contributed by atoms with Gasteiger partial charge in [-0.25, -0.2) is 4.98 Å². The van der Waals surface area contributed by atoms with E-state index in [9.17, 15) is 0 Å². The minimum Gasteiger partial charge on any atom is -0.358 e. The molecule has 0 spiro atoms. The molecule has 0 fully saturated rings. The van der Waals surface area contributed by atoms with E-state index < -0.39 is 0 Å². The molecule has 17 heavy (non-hydrogen) atoms. The number of rotatable bonds is 1. The van der Waals surface area contributed by atoms with Gasteiger partial charge in [0.1, 0.15) is 5.65 Å². The van der Waals surface area contributed by atoms with Gasteiger partial charge in [0.25, 0.3) is 0 Å². The molecule has 0 aromatic carbocycles. The minimum atomic E-state index is 0.352. The molecule has 0 bridgehead atoms. The van der Waals surface area contributed by atoms with Crippen LogP contribution in [0.4, 0.5) is 5.82 Å². The number of H-pyrrole nitrogens is 1. The summed E-state index contributed by atoms with van der Waals surface area (Å²) in [5.74, 6) is 0.352. The molecule has 3 rings (SSSR count). The zero-order valence-corrected chi connectivity index (χ0v) is 10.1. The van der Waals surface area contributed by atoms with Crippen molar-refractivity contribution in [3.05, 3.63) is 46.6 Å². The van der Waals surface area contributed by atoms with Crippen LogP contribution in [0.25, 0.3) is 21.6 Å². The normalized spacial score (nSPS) is 10.6. The van der Waals surface area contributed by atoms with Crippen molar-refractivity contribution in [3.63, 3.8) is 0 Å². The SMILES string of the molecule is [C-]#[N+]c1nn(-c2ccnc3[nH]ccc23)cc1Br. The summed E-state index contributed by atoms with van der Waals surface area (Å²) in [5, 5.41) is 5.17. The fourth-order valence-corrected chi connectivity index (χ4v) is 2.05. The number of hydrogen-bond acceptors (Lipinski definition) is 2. The summed E-state index contributed by atoms with van der Waals surface area (Å²) in [4.78, 5) is 10.6. The molecule has 3 aromatic rings. The molecule has 0 aliphatic heterocycles. The van der Waals surface area contributed by atoms with Gasteiger partial charge in [0.15, 0.2) is 0 Å². The van der Waals surface area contributed by atoms with Crippen molar-refractivity contribution in [3.8, 4) is 5.69 Å². The van der Waals surface area contributed by atoms with Gasteiger partial charge < -0.3 is 9.83 Å². The molecule has 5 nitrogen and oxygen atoms in total. The van der Waals surface area contributed by atoms with Gasteiger partial charge in [-0.05, 0) is 17.2 Å².